The van der Waals surface area contributed by atoms with Gasteiger partial charge in [0.2, 0.25) is 5.83 Å². The minimum Gasteiger partial charge on any atom is -0.476 e. The molecule has 0 amide bonds. The summed E-state index contributed by atoms with van der Waals surface area (Å²) in [5.41, 5.74) is 0.337. The van der Waals surface area contributed by atoms with Gasteiger partial charge in [0.15, 0.2) is 0 Å². The van der Waals surface area contributed by atoms with Crippen LogP contribution in [0.4, 0.5) is 8.78 Å². The van der Waals surface area contributed by atoms with Crippen LogP contribution in [0.1, 0.15) is 12.5 Å². The third kappa shape index (κ3) is 2.16. The molecule has 4 heteroatoms. The van der Waals surface area contributed by atoms with Crippen molar-refractivity contribution in [3.63, 3.8) is 0 Å². The molecule has 0 atom stereocenters. The lowest BCUT2D eigenvalue weighted by Gasteiger charge is -2.01. The Bertz CT molecular complexity index is 380. The van der Waals surface area contributed by atoms with Gasteiger partial charge in [-0.1, -0.05) is 12.1 Å². The number of carboxylic acids is 1. The topological polar surface area (TPSA) is 37.3 Å². The Morgan fingerprint density at radius 2 is 1.79 bits per heavy atom. The van der Waals surface area contributed by atoms with E-state index in [0.29, 0.717) is 5.56 Å². The first-order valence-electron chi connectivity index (χ1n) is 3.88. The first-order chi connectivity index (χ1) is 6.52. The molecule has 0 unspecified atom stereocenters. The molecule has 0 aromatic heterocycles. The second-order valence-corrected chi connectivity index (χ2v) is 2.75. The van der Waals surface area contributed by atoms with Gasteiger partial charge in [0, 0.05) is 0 Å². The van der Waals surface area contributed by atoms with Gasteiger partial charge in [-0.25, -0.2) is 9.18 Å². The summed E-state index contributed by atoms with van der Waals surface area (Å²) in [5.74, 6) is -3.29. The number of rotatable bonds is 2. The Balaban J connectivity index is 3.12. The molecule has 14 heavy (non-hydrogen) atoms. The SMILES string of the molecule is CC(=C(F)C(=O)O)c1ccc(F)cc1. The van der Waals surface area contributed by atoms with Gasteiger partial charge in [0.25, 0.3) is 0 Å². The summed E-state index contributed by atoms with van der Waals surface area (Å²) in [4.78, 5) is 10.3. The van der Waals surface area contributed by atoms with E-state index in [0.717, 1.165) is 12.1 Å². The zero-order chi connectivity index (χ0) is 10.7. The monoisotopic (exact) mass is 198 g/mol. The number of hydrogen-bond donors (Lipinski definition) is 1. The smallest absolute Gasteiger partial charge is 0.365 e. The fourth-order valence-corrected chi connectivity index (χ4v) is 0.987. The fourth-order valence-electron chi connectivity index (χ4n) is 0.987. The standard InChI is InChI=1S/C10H8F2O2/c1-6(9(12)10(13)14)7-2-4-8(11)5-3-7/h2-5H,1H3,(H,13,14). The second-order valence-electron chi connectivity index (χ2n) is 2.75. The highest BCUT2D eigenvalue weighted by atomic mass is 19.1. The number of benzene rings is 1. The molecule has 1 N–H and O–H groups in total. The van der Waals surface area contributed by atoms with Crippen LogP contribution in [0.2, 0.25) is 0 Å². The molecule has 0 radical (unpaired) electrons. The highest BCUT2D eigenvalue weighted by Crippen LogP contribution is 2.19. The van der Waals surface area contributed by atoms with Crippen LogP contribution in [-0.4, -0.2) is 11.1 Å². The predicted octanol–water partition coefficient (Wildman–Crippen LogP) is 2.61. The Hall–Kier alpha value is -1.71. The molecule has 0 fully saturated rings. The van der Waals surface area contributed by atoms with E-state index in [4.69, 9.17) is 5.11 Å². The van der Waals surface area contributed by atoms with Crippen molar-refractivity contribution in [2.75, 3.05) is 0 Å². The third-order valence-electron chi connectivity index (χ3n) is 1.79. The van der Waals surface area contributed by atoms with Crippen molar-refractivity contribution in [1.82, 2.24) is 0 Å². The summed E-state index contributed by atoms with van der Waals surface area (Å²) in [5, 5.41) is 8.36. The second kappa shape index (κ2) is 4.00. The average Bonchev–Trinajstić information content (AvgIpc) is 2.16. The zero-order valence-corrected chi connectivity index (χ0v) is 7.42. The molecule has 2 nitrogen and oxygen atoms in total. The summed E-state index contributed by atoms with van der Waals surface area (Å²) in [6.07, 6.45) is 0. The highest BCUT2D eigenvalue weighted by Gasteiger charge is 2.11. The molecule has 0 heterocycles. The van der Waals surface area contributed by atoms with E-state index in [9.17, 15) is 13.6 Å². The molecule has 0 spiro atoms. The van der Waals surface area contributed by atoms with Gasteiger partial charge in [0.05, 0.1) is 0 Å². The molecule has 0 bridgehead atoms. The van der Waals surface area contributed by atoms with Crippen molar-refractivity contribution < 1.29 is 18.7 Å². The Kier molecular flexibility index (Phi) is 2.96. The normalized spacial score (nSPS) is 12.2. The summed E-state index contributed by atoms with van der Waals surface area (Å²) in [6, 6.07) is 4.95. The quantitative estimate of drug-likeness (QED) is 0.741. The number of carbonyl (C=O) groups is 1. The van der Waals surface area contributed by atoms with Gasteiger partial charge in [-0.2, -0.15) is 4.39 Å². The van der Waals surface area contributed by atoms with E-state index in [1.807, 2.05) is 0 Å². The average molecular weight is 198 g/mol. The summed E-state index contributed by atoms with van der Waals surface area (Å²) >= 11 is 0. The van der Waals surface area contributed by atoms with E-state index >= 15 is 0 Å². The summed E-state index contributed by atoms with van der Waals surface area (Å²) < 4.78 is 25.4. The van der Waals surface area contributed by atoms with Crippen LogP contribution in [0.25, 0.3) is 5.57 Å². The van der Waals surface area contributed by atoms with Crippen LogP contribution in [0.5, 0.6) is 0 Å². The van der Waals surface area contributed by atoms with Gasteiger partial charge in [-0.15, -0.1) is 0 Å². The number of carboxylic acid groups (broad SMARTS) is 1. The molecule has 0 saturated heterocycles. The third-order valence-corrected chi connectivity index (χ3v) is 1.79. The van der Waals surface area contributed by atoms with Crippen molar-refractivity contribution in [1.29, 1.82) is 0 Å². The Morgan fingerprint density at radius 1 is 1.29 bits per heavy atom. The van der Waals surface area contributed by atoms with E-state index in [2.05, 4.69) is 0 Å². The van der Waals surface area contributed by atoms with Gasteiger partial charge in [0.1, 0.15) is 5.82 Å². The van der Waals surface area contributed by atoms with E-state index in [1.165, 1.54) is 19.1 Å². The van der Waals surface area contributed by atoms with Crippen LogP contribution in [0, 0.1) is 5.82 Å². The molecule has 74 valence electrons. The van der Waals surface area contributed by atoms with Gasteiger partial charge in [-0.3, -0.25) is 0 Å². The first kappa shape index (κ1) is 10.4. The van der Waals surface area contributed by atoms with Crippen LogP contribution in [0.15, 0.2) is 30.1 Å². The molecular formula is C10H8F2O2. The van der Waals surface area contributed by atoms with Gasteiger partial charge < -0.3 is 5.11 Å². The number of halogens is 2. The van der Waals surface area contributed by atoms with Gasteiger partial charge in [-0.05, 0) is 30.2 Å². The lowest BCUT2D eigenvalue weighted by atomic mass is 10.1. The first-order valence-corrected chi connectivity index (χ1v) is 3.88. The Morgan fingerprint density at radius 3 is 2.21 bits per heavy atom. The van der Waals surface area contributed by atoms with E-state index in [-0.39, 0.29) is 5.57 Å². The molecule has 0 aliphatic heterocycles. The maximum Gasteiger partial charge on any atom is 0.365 e. The maximum atomic E-state index is 12.9. The van der Waals surface area contributed by atoms with Crippen LogP contribution in [-0.2, 0) is 4.79 Å². The van der Waals surface area contributed by atoms with E-state index in [1.54, 1.807) is 0 Å². The molecular weight excluding hydrogens is 190 g/mol. The van der Waals surface area contributed by atoms with Crippen molar-refractivity contribution >= 4 is 11.5 Å². The highest BCUT2D eigenvalue weighted by molar-refractivity contribution is 5.93. The molecule has 0 aliphatic carbocycles. The minimum atomic E-state index is -1.62. The van der Waals surface area contributed by atoms with Gasteiger partial charge >= 0.3 is 5.97 Å². The van der Waals surface area contributed by atoms with Crippen molar-refractivity contribution in [2.45, 2.75) is 6.92 Å². The van der Waals surface area contributed by atoms with Crippen LogP contribution < -0.4 is 0 Å². The lowest BCUT2D eigenvalue weighted by Crippen LogP contribution is -1.97. The predicted molar refractivity (Wildman–Crippen MR) is 47.7 cm³/mol. The molecule has 1 rings (SSSR count). The number of aliphatic carboxylic acids is 1. The molecule has 0 saturated carbocycles. The summed E-state index contributed by atoms with van der Waals surface area (Å²) in [7, 11) is 0. The van der Waals surface area contributed by atoms with E-state index < -0.39 is 17.6 Å². The maximum absolute atomic E-state index is 12.9. The zero-order valence-electron chi connectivity index (χ0n) is 7.42. The molecule has 1 aromatic carbocycles. The largest absolute Gasteiger partial charge is 0.476 e. The lowest BCUT2D eigenvalue weighted by molar-refractivity contribution is -0.134. The number of allylic oxidation sites excluding steroid dienone is 1. The van der Waals surface area contributed by atoms with Crippen LogP contribution >= 0.6 is 0 Å². The molecule has 1 aromatic rings. The van der Waals surface area contributed by atoms with Crippen molar-refractivity contribution in [2.24, 2.45) is 0 Å². The fraction of sp³-hybridized carbons (Fsp3) is 0.100. The van der Waals surface area contributed by atoms with Crippen molar-refractivity contribution in [3.8, 4) is 0 Å². The van der Waals surface area contributed by atoms with Crippen molar-refractivity contribution in [3.05, 3.63) is 41.5 Å². The Labute approximate surface area is 79.5 Å². The summed E-state index contributed by atoms with van der Waals surface area (Å²) in [6.45, 7) is 1.33. The number of hydrogen-bond acceptors (Lipinski definition) is 1. The van der Waals surface area contributed by atoms with Crippen LogP contribution in [0.3, 0.4) is 0 Å². The molecule has 0 aliphatic rings. The minimum absolute atomic E-state index is 0.0162.